The van der Waals surface area contributed by atoms with Crippen LogP contribution in [0.1, 0.15) is 249 Å². The first kappa shape index (κ1) is 118. The van der Waals surface area contributed by atoms with E-state index in [0.29, 0.717) is 83.3 Å². The van der Waals surface area contributed by atoms with Crippen LogP contribution in [0.25, 0.3) is 0 Å². The molecule has 2 saturated carbocycles. The third-order valence-electron chi connectivity index (χ3n) is 19.7. The molecule has 2 aliphatic carbocycles. The molecule has 0 aromatic heterocycles. The highest BCUT2D eigenvalue weighted by Crippen LogP contribution is 2.31. The van der Waals surface area contributed by atoms with Crippen LogP contribution >= 0.6 is 0 Å². The van der Waals surface area contributed by atoms with Crippen LogP contribution in [0.4, 0.5) is 43.9 Å². The number of hydrogen-bond donors (Lipinski definition) is 7. The number of unbranched alkanes of at least 4 members (excludes halogenated alkanes) is 4. The lowest BCUT2D eigenvalue weighted by Crippen LogP contribution is -2.35. The highest BCUT2D eigenvalue weighted by Gasteiger charge is 2.35. The quantitative estimate of drug-likeness (QED) is 0.00322. The van der Waals surface area contributed by atoms with E-state index >= 15 is 0 Å². The summed E-state index contributed by atoms with van der Waals surface area (Å²) in [6, 6.07) is 19.8. The maximum absolute atomic E-state index is 13.2. The van der Waals surface area contributed by atoms with Crippen molar-refractivity contribution < 1.29 is 170 Å². The lowest BCUT2D eigenvalue weighted by molar-refractivity contribution is -0.172. The van der Waals surface area contributed by atoms with Gasteiger partial charge in [-0.1, -0.05) is 187 Å². The first-order valence-electron chi connectivity index (χ1n) is 44.4. The van der Waals surface area contributed by atoms with Gasteiger partial charge in [0.05, 0.1) is 57.5 Å². The van der Waals surface area contributed by atoms with Gasteiger partial charge in [-0.2, -0.15) is 0 Å². The molecule has 7 N–H and O–H groups in total. The number of ether oxygens (including phenoxy) is 7. The standard InChI is InChI=1S/2C10H5F5O2.2C10H18O3.C10H14O2.C10H10O2.C10H14O2.C10H10O2.2C9H14O4/c11-6-4(1-3-2-5(16)17-3)7(12)9(14)10(15)8(6)13;11-6-4(2-1-3-5(16)17)7(12)9(14)10(15)8(6)13;1-2-3-4-5-8(11)6-9-7-10(12)13-9;1-2-3-4-6-9(11)7-5-8-10(12)13;2*11-10-7-9(12-10)6-8-4-2-1-3-5-8;2*11-10(12)8-4-7-9-5-2-1-3-6-9;1-2-3-8(10)12-5-4-7-6-9(11)13-7;1-2-5-9(12)13-7-4-3-6-8(10)11/h3H,1-2H2;1,3H,2H2,(H,16,17);8-9,11H,2-7H2,1H3;5,8-9,11H,2-4,6-7H2,1H3,(H,12,13);6,9H,1-5,7H2;1-5,9H,6-7H2;4,7-8H,1-3,5-6H2,(H,11,12);1-6,8H,7H2,(H,11,12);7H,2-6H2,1H3;3,6H,2,4-5,7H2,1H3,(H,10,11). The molecule has 7 aliphatic rings. The number of allylic oxidation sites excluding steroid dienone is 6. The Morgan fingerprint density at radius 2 is 0.769 bits per heavy atom. The number of carbonyl (C=O) groups excluding carboxylic acids is 7. The summed E-state index contributed by atoms with van der Waals surface area (Å²) in [6.07, 6.45) is 42.5. The second-order valence-corrected chi connectivity index (χ2v) is 31.1. The highest BCUT2D eigenvalue weighted by atomic mass is 19.2. The van der Waals surface area contributed by atoms with Crippen molar-refractivity contribution in [3.8, 4) is 0 Å². The second-order valence-electron chi connectivity index (χ2n) is 31.1. The van der Waals surface area contributed by atoms with Gasteiger partial charge in [-0.05, 0) is 114 Å². The van der Waals surface area contributed by atoms with Crippen LogP contribution in [0.3, 0.4) is 0 Å². The molecule has 0 radical (unpaired) electrons. The molecular formula is C98H122F10O26. The normalized spacial score (nSPS) is 17.4. The molecule has 4 aromatic carbocycles. The van der Waals surface area contributed by atoms with Gasteiger partial charge in [0.15, 0.2) is 46.5 Å². The number of aliphatic hydroxyl groups excluding tert-OH is 2. The van der Waals surface area contributed by atoms with Crippen LogP contribution in [0.5, 0.6) is 0 Å². The summed E-state index contributed by atoms with van der Waals surface area (Å²) < 4.78 is 162. The zero-order chi connectivity index (χ0) is 99.9. The van der Waals surface area contributed by atoms with Gasteiger partial charge in [0, 0.05) is 86.5 Å². The fourth-order valence-corrected chi connectivity index (χ4v) is 12.6. The van der Waals surface area contributed by atoms with Crippen LogP contribution in [0.2, 0.25) is 0 Å². The zero-order valence-electron chi connectivity index (χ0n) is 75.6. The monoisotopic (exact) mass is 1900 g/mol. The number of carbonyl (C=O) groups is 12. The third-order valence-corrected chi connectivity index (χ3v) is 19.7. The summed E-state index contributed by atoms with van der Waals surface area (Å²) in [5, 5.41) is 60.2. The number of aliphatic hydroxyl groups is 2. The molecule has 5 heterocycles. The van der Waals surface area contributed by atoms with Crippen molar-refractivity contribution in [2.75, 3.05) is 13.2 Å². The summed E-state index contributed by atoms with van der Waals surface area (Å²) in [7, 11) is 0. The minimum atomic E-state index is -2.24. The molecule has 0 spiro atoms. The topological polar surface area (TPSA) is 411 Å². The van der Waals surface area contributed by atoms with Gasteiger partial charge in [-0.15, -0.1) is 0 Å². The Morgan fingerprint density at radius 3 is 1.20 bits per heavy atom. The molecule has 5 saturated heterocycles. The molecule has 134 heavy (non-hydrogen) atoms. The van der Waals surface area contributed by atoms with Crippen molar-refractivity contribution in [3.05, 3.63) is 225 Å². The molecule has 0 bridgehead atoms. The Balaban J connectivity index is 0.000000505. The van der Waals surface area contributed by atoms with Gasteiger partial charge in [0.25, 0.3) is 0 Å². The van der Waals surface area contributed by atoms with Gasteiger partial charge in [0.1, 0.15) is 30.5 Å². The number of benzene rings is 4. The number of halogens is 10. The number of hydrogen-bond acceptors (Lipinski definition) is 21. The van der Waals surface area contributed by atoms with Crippen molar-refractivity contribution in [2.24, 2.45) is 0 Å². The maximum atomic E-state index is 13.2. The second kappa shape index (κ2) is 68.9. The van der Waals surface area contributed by atoms with Gasteiger partial charge in [0.2, 0.25) is 11.6 Å². The van der Waals surface area contributed by atoms with E-state index in [4.69, 9.17) is 54.0 Å². The van der Waals surface area contributed by atoms with Crippen LogP contribution in [-0.2, 0) is 116 Å². The zero-order valence-corrected chi connectivity index (χ0v) is 75.6. The lowest BCUT2D eigenvalue weighted by Gasteiger charge is -2.27. The highest BCUT2D eigenvalue weighted by molar-refractivity contribution is 5.82. The fraction of sp³-hybridized carbons (Fsp3) is 0.490. The lowest BCUT2D eigenvalue weighted by atomic mass is 9.93. The first-order valence-corrected chi connectivity index (χ1v) is 44.4. The number of carboxylic acid groups (broad SMARTS) is 5. The molecule has 0 amide bonds. The summed E-state index contributed by atoms with van der Waals surface area (Å²) in [5.41, 5.74) is 3.21. The summed E-state index contributed by atoms with van der Waals surface area (Å²) in [5.74, 6) is -26.7. The summed E-state index contributed by atoms with van der Waals surface area (Å²) >= 11 is 0. The minimum Gasteiger partial charge on any atom is -0.478 e. The molecule has 11 rings (SSSR count). The molecule has 5 aliphatic heterocycles. The van der Waals surface area contributed by atoms with E-state index in [2.05, 4.69) is 24.7 Å². The predicted octanol–water partition coefficient (Wildman–Crippen LogP) is 18.9. The van der Waals surface area contributed by atoms with E-state index in [1.165, 1.54) is 99.1 Å². The Labute approximate surface area is 772 Å². The van der Waals surface area contributed by atoms with E-state index in [9.17, 15) is 112 Å². The first-order chi connectivity index (χ1) is 63.8. The van der Waals surface area contributed by atoms with E-state index in [1.807, 2.05) is 80.6 Å². The van der Waals surface area contributed by atoms with Crippen LogP contribution in [0, 0.1) is 58.2 Å². The van der Waals surface area contributed by atoms with Crippen molar-refractivity contribution in [2.45, 2.75) is 295 Å². The predicted molar refractivity (Wildman–Crippen MR) is 469 cm³/mol. The van der Waals surface area contributed by atoms with Gasteiger partial charge in [-0.3, -0.25) is 33.6 Å². The average Bonchev–Trinajstić information content (AvgIpc) is 0.815. The molecule has 26 nitrogen and oxygen atoms in total. The Morgan fingerprint density at radius 1 is 0.396 bits per heavy atom. The minimum absolute atomic E-state index is 0.0101. The molecule has 7 fully saturated rings. The average molecular weight is 1910 g/mol. The molecule has 36 heteroatoms. The Kier molecular flexibility index (Phi) is 60.6. The smallest absolute Gasteiger partial charge is 0.328 e. The van der Waals surface area contributed by atoms with Crippen molar-refractivity contribution in [1.82, 2.24) is 0 Å². The van der Waals surface area contributed by atoms with Crippen LogP contribution in [-0.4, -0.2) is 163 Å². The SMILES string of the molecule is CCCC(=O)OCCC1CC(=O)O1.CCCC(=O)OCCC=CC(=O)O.CCCCCC(O)CC1CC(=O)O1.CCCCCC(O)CC=CC(=O)O.O=C(O)C=CC=C1CCCCC1.O=C(O)C=CCc1c(F)c(F)c(F)c(F)c1F.O=C(O)C=CCc1ccccc1.O=C1CC(C=C2CCCCC2)O1.O=C1CC(Cc2c(F)c(F)c(F)c(F)c2F)O1.O=C1CC(Cc2ccccc2)O1. The van der Waals surface area contributed by atoms with Crippen LogP contribution < -0.4 is 0 Å². The Hall–Kier alpha value is -12.1. The van der Waals surface area contributed by atoms with Crippen molar-refractivity contribution >= 4 is 71.6 Å². The Bertz CT molecular complexity index is 4460. The largest absolute Gasteiger partial charge is 0.478 e. The van der Waals surface area contributed by atoms with Gasteiger partial charge >= 0.3 is 71.6 Å². The third kappa shape index (κ3) is 53.6. The van der Waals surface area contributed by atoms with E-state index < -0.39 is 124 Å². The van der Waals surface area contributed by atoms with Crippen LogP contribution in [0.15, 0.2) is 145 Å². The summed E-state index contributed by atoms with van der Waals surface area (Å²) in [6.45, 7) is 8.68. The van der Waals surface area contributed by atoms with E-state index in [0.717, 1.165) is 100 Å². The summed E-state index contributed by atoms with van der Waals surface area (Å²) in [4.78, 5) is 124. The molecule has 4 aromatic rings. The molecule has 7 atom stereocenters. The number of cyclic esters (lactones) is 5. The van der Waals surface area contributed by atoms with Crippen molar-refractivity contribution in [1.29, 1.82) is 0 Å². The maximum Gasteiger partial charge on any atom is 0.328 e. The van der Waals surface area contributed by atoms with E-state index in [-0.39, 0.29) is 85.5 Å². The van der Waals surface area contributed by atoms with Gasteiger partial charge in [-0.25, -0.2) is 67.9 Å². The van der Waals surface area contributed by atoms with Gasteiger partial charge < -0.3 is 68.9 Å². The number of carboxylic acids is 5. The molecule has 740 valence electrons. The molecule has 7 unspecified atom stereocenters. The molecular weight excluding hydrogens is 1780 g/mol. The fourth-order valence-electron chi connectivity index (χ4n) is 12.6. The number of aliphatic carboxylic acids is 5. The number of esters is 7. The number of rotatable bonds is 37. The van der Waals surface area contributed by atoms with Crippen molar-refractivity contribution in [3.63, 3.8) is 0 Å². The van der Waals surface area contributed by atoms with E-state index in [1.54, 1.807) is 12.2 Å².